The average Bonchev–Trinajstić information content (AvgIpc) is 2.48. The summed E-state index contributed by atoms with van der Waals surface area (Å²) in [5, 5.41) is 2.92. The van der Waals surface area contributed by atoms with E-state index in [1.54, 1.807) is 18.5 Å². The molecule has 1 N–H and O–H groups in total. The van der Waals surface area contributed by atoms with Crippen LogP contribution in [0.1, 0.15) is 23.2 Å². The van der Waals surface area contributed by atoms with Crippen LogP contribution in [0.15, 0.2) is 22.9 Å². The third-order valence-corrected chi connectivity index (χ3v) is 3.69. The van der Waals surface area contributed by atoms with Gasteiger partial charge < -0.3 is 10.1 Å². The molecule has 110 valence electrons. The van der Waals surface area contributed by atoms with E-state index < -0.39 is 0 Å². The van der Waals surface area contributed by atoms with E-state index in [9.17, 15) is 4.79 Å². The molecule has 6 heteroatoms. The Morgan fingerprint density at radius 3 is 2.90 bits per heavy atom. The lowest BCUT2D eigenvalue weighted by atomic mass is 10.2. The van der Waals surface area contributed by atoms with Crippen LogP contribution in [-0.4, -0.2) is 55.2 Å². The summed E-state index contributed by atoms with van der Waals surface area (Å²) in [6.07, 6.45) is 5.33. The first-order chi connectivity index (χ1) is 9.75. The molecule has 0 unspecified atom stereocenters. The zero-order valence-electron chi connectivity index (χ0n) is 11.5. The van der Waals surface area contributed by atoms with Crippen molar-refractivity contribution in [1.29, 1.82) is 0 Å². The van der Waals surface area contributed by atoms with Gasteiger partial charge in [-0.15, -0.1) is 0 Å². The Balaban J connectivity index is 1.59. The Morgan fingerprint density at radius 2 is 2.15 bits per heavy atom. The fraction of sp³-hybridized carbons (Fsp3) is 0.571. The number of ether oxygens (including phenoxy) is 1. The van der Waals surface area contributed by atoms with Crippen LogP contribution in [0.2, 0.25) is 0 Å². The number of carbonyl (C=O) groups is 1. The number of nitrogens with zero attached hydrogens (tertiary/aromatic N) is 2. The number of carbonyl (C=O) groups excluding carboxylic acids is 1. The van der Waals surface area contributed by atoms with E-state index in [2.05, 4.69) is 31.1 Å². The highest BCUT2D eigenvalue weighted by Gasteiger charge is 2.09. The van der Waals surface area contributed by atoms with Crippen LogP contribution < -0.4 is 5.32 Å². The van der Waals surface area contributed by atoms with Gasteiger partial charge in [-0.1, -0.05) is 0 Å². The molecule has 2 heterocycles. The van der Waals surface area contributed by atoms with Crippen molar-refractivity contribution in [2.75, 3.05) is 39.4 Å². The summed E-state index contributed by atoms with van der Waals surface area (Å²) in [6, 6.07) is 1.77. The molecule has 1 amide bonds. The SMILES string of the molecule is O=C(NCCCCN1CCOCC1)c1cncc(Br)c1. The molecule has 0 atom stereocenters. The lowest BCUT2D eigenvalue weighted by molar-refractivity contribution is 0.0372. The van der Waals surface area contributed by atoms with Gasteiger partial charge in [0.25, 0.3) is 5.91 Å². The highest BCUT2D eigenvalue weighted by molar-refractivity contribution is 9.10. The Labute approximate surface area is 127 Å². The van der Waals surface area contributed by atoms with Gasteiger partial charge in [0.05, 0.1) is 18.8 Å². The quantitative estimate of drug-likeness (QED) is 0.800. The maximum absolute atomic E-state index is 11.9. The van der Waals surface area contributed by atoms with E-state index in [0.29, 0.717) is 12.1 Å². The number of hydrogen-bond donors (Lipinski definition) is 1. The summed E-state index contributed by atoms with van der Waals surface area (Å²) >= 11 is 3.31. The first-order valence-corrected chi connectivity index (χ1v) is 7.74. The van der Waals surface area contributed by atoms with Crippen molar-refractivity contribution in [2.45, 2.75) is 12.8 Å². The van der Waals surface area contributed by atoms with Crippen LogP contribution in [-0.2, 0) is 4.74 Å². The molecule has 1 aromatic heterocycles. The fourth-order valence-corrected chi connectivity index (χ4v) is 2.49. The Kier molecular flexibility index (Phi) is 6.42. The van der Waals surface area contributed by atoms with Crippen LogP contribution in [0.25, 0.3) is 0 Å². The van der Waals surface area contributed by atoms with Crippen LogP contribution in [0.5, 0.6) is 0 Å². The summed E-state index contributed by atoms with van der Waals surface area (Å²) in [4.78, 5) is 18.3. The normalized spacial score (nSPS) is 16.1. The van der Waals surface area contributed by atoms with E-state index in [0.717, 1.165) is 50.2 Å². The molecule has 20 heavy (non-hydrogen) atoms. The molecule has 1 aliphatic heterocycles. The van der Waals surface area contributed by atoms with Gasteiger partial charge in [0.2, 0.25) is 0 Å². The first-order valence-electron chi connectivity index (χ1n) is 6.94. The van der Waals surface area contributed by atoms with Gasteiger partial charge in [-0.3, -0.25) is 14.7 Å². The molecular weight excluding hydrogens is 322 g/mol. The highest BCUT2D eigenvalue weighted by atomic mass is 79.9. The van der Waals surface area contributed by atoms with Crippen molar-refractivity contribution < 1.29 is 9.53 Å². The molecule has 0 bridgehead atoms. The summed E-state index contributed by atoms with van der Waals surface area (Å²) in [5.74, 6) is -0.0647. The van der Waals surface area contributed by atoms with Crippen LogP contribution in [0, 0.1) is 0 Å². The van der Waals surface area contributed by atoms with E-state index in [1.807, 2.05) is 0 Å². The van der Waals surface area contributed by atoms with Crippen LogP contribution in [0.4, 0.5) is 0 Å². The highest BCUT2D eigenvalue weighted by Crippen LogP contribution is 2.09. The number of pyridine rings is 1. The summed E-state index contributed by atoms with van der Waals surface area (Å²) in [6.45, 7) is 5.51. The lowest BCUT2D eigenvalue weighted by Crippen LogP contribution is -2.37. The molecule has 0 saturated carbocycles. The molecule has 1 fully saturated rings. The predicted octanol–water partition coefficient (Wildman–Crippen LogP) is 1.69. The molecular formula is C14H20BrN3O2. The number of hydrogen-bond acceptors (Lipinski definition) is 4. The van der Waals surface area contributed by atoms with Gasteiger partial charge in [0, 0.05) is 36.5 Å². The third kappa shape index (κ3) is 5.19. The van der Waals surface area contributed by atoms with Gasteiger partial charge in [-0.25, -0.2) is 0 Å². The van der Waals surface area contributed by atoms with Crippen LogP contribution in [0.3, 0.4) is 0 Å². The molecule has 0 aliphatic carbocycles. The zero-order valence-corrected chi connectivity index (χ0v) is 13.1. The molecule has 2 rings (SSSR count). The van der Waals surface area contributed by atoms with Gasteiger partial charge in [0.15, 0.2) is 0 Å². The number of amides is 1. The second-order valence-electron chi connectivity index (χ2n) is 4.81. The Hall–Kier alpha value is -0.980. The number of aromatic nitrogens is 1. The summed E-state index contributed by atoms with van der Waals surface area (Å²) in [7, 11) is 0. The molecule has 5 nitrogen and oxygen atoms in total. The maximum atomic E-state index is 11.9. The largest absolute Gasteiger partial charge is 0.379 e. The van der Waals surface area contributed by atoms with E-state index in [-0.39, 0.29) is 5.91 Å². The topological polar surface area (TPSA) is 54.5 Å². The average molecular weight is 342 g/mol. The minimum Gasteiger partial charge on any atom is -0.379 e. The summed E-state index contributed by atoms with van der Waals surface area (Å²) in [5.41, 5.74) is 0.590. The van der Waals surface area contributed by atoms with Crippen molar-refractivity contribution in [2.24, 2.45) is 0 Å². The van der Waals surface area contributed by atoms with E-state index in [1.165, 1.54) is 0 Å². The molecule has 0 spiro atoms. The predicted molar refractivity (Wildman–Crippen MR) is 80.8 cm³/mol. The molecule has 1 saturated heterocycles. The van der Waals surface area contributed by atoms with E-state index >= 15 is 0 Å². The van der Waals surface area contributed by atoms with Crippen LogP contribution >= 0.6 is 15.9 Å². The van der Waals surface area contributed by atoms with Gasteiger partial charge in [-0.05, 0) is 41.4 Å². The number of rotatable bonds is 6. The van der Waals surface area contributed by atoms with Gasteiger partial charge in [-0.2, -0.15) is 0 Å². The van der Waals surface area contributed by atoms with Gasteiger partial charge in [0.1, 0.15) is 0 Å². The number of halogens is 1. The minimum absolute atomic E-state index is 0.0647. The maximum Gasteiger partial charge on any atom is 0.252 e. The minimum atomic E-state index is -0.0647. The first kappa shape index (κ1) is 15.4. The second kappa shape index (κ2) is 8.34. The Morgan fingerprint density at radius 1 is 1.35 bits per heavy atom. The fourth-order valence-electron chi connectivity index (χ4n) is 2.13. The van der Waals surface area contributed by atoms with Crippen molar-refractivity contribution in [1.82, 2.24) is 15.2 Å². The zero-order chi connectivity index (χ0) is 14.2. The van der Waals surface area contributed by atoms with Crippen molar-refractivity contribution in [3.8, 4) is 0 Å². The molecule has 0 aromatic carbocycles. The molecule has 0 radical (unpaired) electrons. The monoisotopic (exact) mass is 341 g/mol. The summed E-state index contributed by atoms with van der Waals surface area (Å²) < 4.78 is 6.13. The van der Waals surface area contributed by atoms with Crippen molar-refractivity contribution >= 4 is 21.8 Å². The molecule has 1 aromatic rings. The third-order valence-electron chi connectivity index (χ3n) is 3.26. The smallest absolute Gasteiger partial charge is 0.252 e. The number of unbranched alkanes of at least 4 members (excludes halogenated alkanes) is 1. The standard InChI is InChI=1S/C14H20BrN3O2/c15-13-9-12(10-16-11-13)14(19)17-3-1-2-4-18-5-7-20-8-6-18/h9-11H,1-8H2,(H,17,19). The second-order valence-corrected chi connectivity index (χ2v) is 5.72. The number of nitrogens with one attached hydrogen (secondary N) is 1. The van der Waals surface area contributed by atoms with E-state index in [4.69, 9.17) is 4.74 Å². The lowest BCUT2D eigenvalue weighted by Gasteiger charge is -2.26. The molecule has 1 aliphatic rings. The van der Waals surface area contributed by atoms with Gasteiger partial charge >= 0.3 is 0 Å². The number of morpholine rings is 1. The van der Waals surface area contributed by atoms with Crippen molar-refractivity contribution in [3.63, 3.8) is 0 Å². The Bertz CT molecular complexity index is 436. The van der Waals surface area contributed by atoms with Crippen molar-refractivity contribution in [3.05, 3.63) is 28.5 Å².